The van der Waals surface area contributed by atoms with Gasteiger partial charge in [0.15, 0.2) is 6.10 Å². The Bertz CT molecular complexity index is 1160. The van der Waals surface area contributed by atoms with Crippen molar-refractivity contribution in [1.29, 1.82) is 0 Å². The zero-order valence-electron chi connectivity index (χ0n) is 46.3. The molecular formula is C63H116O6. The van der Waals surface area contributed by atoms with Gasteiger partial charge < -0.3 is 14.2 Å². The van der Waals surface area contributed by atoms with Gasteiger partial charge in [0.1, 0.15) is 13.2 Å². The number of unbranched alkanes of at least 4 members (excludes halogenated alkanes) is 39. The summed E-state index contributed by atoms with van der Waals surface area (Å²) >= 11 is 0. The molecule has 404 valence electrons. The van der Waals surface area contributed by atoms with E-state index in [0.29, 0.717) is 19.3 Å². The van der Waals surface area contributed by atoms with E-state index in [1.807, 2.05) is 0 Å². The van der Waals surface area contributed by atoms with E-state index >= 15 is 0 Å². The second-order valence-electron chi connectivity index (χ2n) is 20.6. The fraction of sp³-hybridized carbons (Fsp3) is 0.857. The lowest BCUT2D eigenvalue weighted by Gasteiger charge is -2.18. The molecule has 0 aromatic carbocycles. The third-order valence-corrected chi connectivity index (χ3v) is 13.6. The highest BCUT2D eigenvalue weighted by molar-refractivity contribution is 5.71. The first-order valence-corrected chi connectivity index (χ1v) is 30.5. The molecule has 0 amide bonds. The Morgan fingerprint density at radius 2 is 0.478 bits per heavy atom. The van der Waals surface area contributed by atoms with Gasteiger partial charge in [-0.15, -0.1) is 0 Å². The number of carbonyl (C=O) groups excluding carboxylic acids is 3. The normalized spacial score (nSPS) is 12.2. The molecule has 0 heterocycles. The molecule has 0 bridgehead atoms. The van der Waals surface area contributed by atoms with Gasteiger partial charge in [0, 0.05) is 19.3 Å². The van der Waals surface area contributed by atoms with Crippen LogP contribution in [0.2, 0.25) is 0 Å². The number of ether oxygens (including phenoxy) is 3. The molecular weight excluding hydrogens is 853 g/mol. The van der Waals surface area contributed by atoms with Crippen LogP contribution in [0.3, 0.4) is 0 Å². The van der Waals surface area contributed by atoms with Crippen molar-refractivity contribution in [2.75, 3.05) is 13.2 Å². The average molecular weight is 970 g/mol. The molecule has 6 heteroatoms. The zero-order valence-corrected chi connectivity index (χ0v) is 46.3. The third kappa shape index (κ3) is 56.4. The van der Waals surface area contributed by atoms with Crippen molar-refractivity contribution in [1.82, 2.24) is 0 Å². The van der Waals surface area contributed by atoms with Crippen molar-refractivity contribution in [3.05, 3.63) is 36.5 Å². The summed E-state index contributed by atoms with van der Waals surface area (Å²) in [6.07, 6.45) is 70.0. The van der Waals surface area contributed by atoms with E-state index in [1.165, 1.54) is 218 Å². The van der Waals surface area contributed by atoms with Crippen LogP contribution in [-0.2, 0) is 28.6 Å². The second kappa shape index (κ2) is 58.2. The lowest BCUT2D eigenvalue weighted by Crippen LogP contribution is -2.30. The van der Waals surface area contributed by atoms with Gasteiger partial charge in [-0.25, -0.2) is 0 Å². The van der Waals surface area contributed by atoms with E-state index in [2.05, 4.69) is 57.2 Å². The predicted octanol–water partition coefficient (Wildman–Crippen LogP) is 20.4. The topological polar surface area (TPSA) is 78.9 Å². The Morgan fingerprint density at radius 1 is 0.275 bits per heavy atom. The van der Waals surface area contributed by atoms with Gasteiger partial charge in [-0.05, 0) is 96.3 Å². The van der Waals surface area contributed by atoms with Crippen LogP contribution >= 0.6 is 0 Å². The minimum atomic E-state index is -0.781. The predicted molar refractivity (Wildman–Crippen MR) is 298 cm³/mol. The first kappa shape index (κ1) is 66.6. The highest BCUT2D eigenvalue weighted by atomic mass is 16.6. The fourth-order valence-electron chi connectivity index (χ4n) is 8.96. The Morgan fingerprint density at radius 3 is 0.739 bits per heavy atom. The minimum Gasteiger partial charge on any atom is -0.462 e. The van der Waals surface area contributed by atoms with E-state index in [-0.39, 0.29) is 31.1 Å². The van der Waals surface area contributed by atoms with Gasteiger partial charge >= 0.3 is 17.9 Å². The number of hydrogen-bond donors (Lipinski definition) is 0. The number of allylic oxidation sites excluding steroid dienone is 6. The van der Waals surface area contributed by atoms with E-state index < -0.39 is 6.10 Å². The van der Waals surface area contributed by atoms with E-state index in [9.17, 15) is 14.4 Å². The van der Waals surface area contributed by atoms with Crippen molar-refractivity contribution < 1.29 is 28.6 Å². The molecule has 0 aromatic rings. The number of rotatable bonds is 56. The fourth-order valence-corrected chi connectivity index (χ4v) is 8.96. The SMILES string of the molecule is CCCCCCCC/C=C\CCCCCC(=O)OCC(COC(=O)CCCCCCCCC/C=C\CCCCCCCCCC)OC(=O)CCCCCCCCC/C=C\CCCCCCCCCC. The summed E-state index contributed by atoms with van der Waals surface area (Å²) in [5.74, 6) is -0.886. The summed E-state index contributed by atoms with van der Waals surface area (Å²) in [7, 11) is 0. The molecule has 6 nitrogen and oxygen atoms in total. The number of carbonyl (C=O) groups is 3. The maximum atomic E-state index is 12.9. The van der Waals surface area contributed by atoms with Crippen molar-refractivity contribution in [3.8, 4) is 0 Å². The largest absolute Gasteiger partial charge is 0.462 e. The summed E-state index contributed by atoms with van der Waals surface area (Å²) in [5, 5.41) is 0. The lowest BCUT2D eigenvalue weighted by molar-refractivity contribution is -0.167. The van der Waals surface area contributed by atoms with Gasteiger partial charge in [-0.1, -0.05) is 250 Å². The Balaban J connectivity index is 4.34. The molecule has 0 spiro atoms. The van der Waals surface area contributed by atoms with Crippen LogP contribution in [0.4, 0.5) is 0 Å². The second-order valence-corrected chi connectivity index (χ2v) is 20.6. The van der Waals surface area contributed by atoms with Crippen molar-refractivity contribution >= 4 is 17.9 Å². The van der Waals surface area contributed by atoms with Gasteiger partial charge in [-0.3, -0.25) is 14.4 Å². The van der Waals surface area contributed by atoms with Gasteiger partial charge in [0.2, 0.25) is 0 Å². The third-order valence-electron chi connectivity index (χ3n) is 13.6. The first-order chi connectivity index (χ1) is 34.0. The molecule has 1 atom stereocenters. The van der Waals surface area contributed by atoms with Crippen LogP contribution in [0, 0.1) is 0 Å². The Hall–Kier alpha value is -2.37. The quantitative estimate of drug-likeness (QED) is 0.0261. The van der Waals surface area contributed by atoms with Crippen LogP contribution in [0.1, 0.15) is 329 Å². The number of esters is 3. The summed E-state index contributed by atoms with van der Waals surface area (Å²) in [6, 6.07) is 0. The van der Waals surface area contributed by atoms with E-state index in [1.54, 1.807) is 0 Å². The maximum absolute atomic E-state index is 12.9. The van der Waals surface area contributed by atoms with Crippen molar-refractivity contribution in [2.24, 2.45) is 0 Å². The van der Waals surface area contributed by atoms with Crippen molar-refractivity contribution in [3.63, 3.8) is 0 Å². The minimum absolute atomic E-state index is 0.0785. The van der Waals surface area contributed by atoms with Crippen LogP contribution < -0.4 is 0 Å². The highest BCUT2D eigenvalue weighted by Crippen LogP contribution is 2.16. The summed E-state index contributed by atoms with van der Waals surface area (Å²) < 4.78 is 16.9. The Labute approximate surface area is 429 Å². The molecule has 0 aliphatic carbocycles. The monoisotopic (exact) mass is 969 g/mol. The van der Waals surface area contributed by atoms with Gasteiger partial charge in [0.25, 0.3) is 0 Å². The van der Waals surface area contributed by atoms with Crippen molar-refractivity contribution in [2.45, 2.75) is 335 Å². The summed E-state index contributed by atoms with van der Waals surface area (Å²) in [5.41, 5.74) is 0. The van der Waals surface area contributed by atoms with Crippen LogP contribution in [-0.4, -0.2) is 37.2 Å². The molecule has 1 unspecified atom stereocenters. The highest BCUT2D eigenvalue weighted by Gasteiger charge is 2.19. The average Bonchev–Trinajstić information content (AvgIpc) is 3.35. The van der Waals surface area contributed by atoms with E-state index in [0.717, 1.165) is 70.6 Å². The summed E-state index contributed by atoms with van der Waals surface area (Å²) in [4.78, 5) is 38.2. The molecule has 0 aromatic heterocycles. The molecule has 0 radical (unpaired) electrons. The van der Waals surface area contributed by atoms with E-state index in [4.69, 9.17) is 14.2 Å². The molecule has 0 fully saturated rings. The molecule has 0 N–H and O–H groups in total. The molecule has 69 heavy (non-hydrogen) atoms. The Kier molecular flexibility index (Phi) is 56.2. The maximum Gasteiger partial charge on any atom is 0.306 e. The molecule has 0 saturated carbocycles. The lowest BCUT2D eigenvalue weighted by atomic mass is 10.1. The standard InChI is InChI=1S/C63H116O6/c1-4-7-10-13-16-19-22-25-27-29-31-33-35-38-41-44-47-50-53-56-62(65)68-59-60(58-67-61(64)55-52-49-46-43-40-37-24-21-18-15-12-9-6-3)69-63(66)57-54-51-48-45-42-39-36-34-32-30-28-26-23-20-17-14-11-8-5-2/h29-32,37,40,60H,4-28,33-36,38-39,41-59H2,1-3H3/b31-29-,32-30-,40-37-. The molecule has 0 aliphatic heterocycles. The molecule has 0 rings (SSSR count). The van der Waals surface area contributed by atoms with Crippen LogP contribution in [0.25, 0.3) is 0 Å². The summed E-state index contributed by atoms with van der Waals surface area (Å²) in [6.45, 7) is 6.65. The number of hydrogen-bond acceptors (Lipinski definition) is 6. The smallest absolute Gasteiger partial charge is 0.306 e. The van der Waals surface area contributed by atoms with Crippen LogP contribution in [0.5, 0.6) is 0 Å². The molecule has 0 aliphatic rings. The molecule has 0 saturated heterocycles. The first-order valence-electron chi connectivity index (χ1n) is 30.5. The van der Waals surface area contributed by atoms with Crippen LogP contribution in [0.15, 0.2) is 36.5 Å². The van der Waals surface area contributed by atoms with Gasteiger partial charge in [-0.2, -0.15) is 0 Å². The zero-order chi connectivity index (χ0) is 50.0. The van der Waals surface area contributed by atoms with Gasteiger partial charge in [0.05, 0.1) is 0 Å².